The number of hydrogen-bond donors (Lipinski definition) is 2. The summed E-state index contributed by atoms with van der Waals surface area (Å²) in [6.45, 7) is -1.76. The monoisotopic (exact) mass is 431 g/mol. The van der Waals surface area contributed by atoms with E-state index in [4.69, 9.17) is 0 Å². The molecule has 0 radical (unpaired) electrons. The lowest BCUT2D eigenvalue weighted by Crippen LogP contribution is -2.33. The number of para-hydroxylation sites is 1. The van der Waals surface area contributed by atoms with Crippen LogP contribution in [0.15, 0.2) is 47.1 Å². The predicted octanol–water partition coefficient (Wildman–Crippen LogP) is 3.15. The van der Waals surface area contributed by atoms with Crippen molar-refractivity contribution in [1.82, 2.24) is 10.3 Å². The first-order valence-electron chi connectivity index (χ1n) is 7.23. The van der Waals surface area contributed by atoms with Crippen LogP contribution in [0.5, 0.6) is 5.88 Å². The molecule has 6 nitrogen and oxygen atoms in total. The standard InChI is InChI=1S/C16H13BrF3N3O3/c17-11-3-1-2-4-12(11)23-13(24)8-22-15(25)10-5-6-14(21-7-10)26-9-16(18,19)20/h1-7H,8-9H2,(H,22,25)(H,23,24). The Bertz CT molecular complexity index is 782. The molecule has 2 amide bonds. The largest absolute Gasteiger partial charge is 0.468 e. The van der Waals surface area contributed by atoms with Gasteiger partial charge < -0.3 is 15.4 Å². The van der Waals surface area contributed by atoms with Crippen molar-refractivity contribution >= 4 is 33.4 Å². The van der Waals surface area contributed by atoms with Crippen molar-refractivity contribution in [2.24, 2.45) is 0 Å². The molecule has 1 aromatic carbocycles. The van der Waals surface area contributed by atoms with Crippen LogP contribution < -0.4 is 15.4 Å². The van der Waals surface area contributed by atoms with Crippen LogP contribution in [-0.2, 0) is 4.79 Å². The molecule has 0 atom stereocenters. The average molecular weight is 432 g/mol. The quantitative estimate of drug-likeness (QED) is 0.735. The zero-order valence-corrected chi connectivity index (χ0v) is 14.7. The Labute approximate surface area is 154 Å². The van der Waals surface area contributed by atoms with Crippen LogP contribution in [-0.4, -0.2) is 36.1 Å². The number of ether oxygens (including phenoxy) is 1. The van der Waals surface area contributed by atoms with Gasteiger partial charge >= 0.3 is 6.18 Å². The number of rotatable bonds is 6. The topological polar surface area (TPSA) is 80.3 Å². The SMILES string of the molecule is O=C(CNC(=O)c1ccc(OCC(F)(F)F)nc1)Nc1ccccc1Br. The summed E-state index contributed by atoms with van der Waals surface area (Å²) in [6.07, 6.45) is -3.41. The summed E-state index contributed by atoms with van der Waals surface area (Å²) in [7, 11) is 0. The van der Waals surface area contributed by atoms with Crippen molar-refractivity contribution in [3.63, 3.8) is 0 Å². The molecule has 26 heavy (non-hydrogen) atoms. The third-order valence-electron chi connectivity index (χ3n) is 2.94. The van der Waals surface area contributed by atoms with E-state index in [2.05, 4.69) is 36.3 Å². The molecule has 0 fully saturated rings. The summed E-state index contributed by atoms with van der Waals surface area (Å²) >= 11 is 3.28. The van der Waals surface area contributed by atoms with Gasteiger partial charge in [0.15, 0.2) is 6.61 Å². The second-order valence-electron chi connectivity index (χ2n) is 5.00. The van der Waals surface area contributed by atoms with Gasteiger partial charge in [-0.1, -0.05) is 12.1 Å². The van der Waals surface area contributed by atoms with Crippen molar-refractivity contribution in [1.29, 1.82) is 0 Å². The molecule has 138 valence electrons. The molecular weight excluding hydrogens is 419 g/mol. The molecule has 2 aromatic rings. The van der Waals surface area contributed by atoms with Gasteiger partial charge in [0.2, 0.25) is 11.8 Å². The van der Waals surface area contributed by atoms with E-state index >= 15 is 0 Å². The number of carbonyl (C=O) groups is 2. The molecule has 0 aliphatic carbocycles. The van der Waals surface area contributed by atoms with Crippen LogP contribution in [0, 0.1) is 0 Å². The van der Waals surface area contributed by atoms with E-state index in [1.807, 2.05) is 0 Å². The molecule has 0 spiro atoms. The number of pyridine rings is 1. The number of aromatic nitrogens is 1. The van der Waals surface area contributed by atoms with Crippen molar-refractivity contribution < 1.29 is 27.5 Å². The minimum Gasteiger partial charge on any atom is -0.468 e. The first-order chi connectivity index (χ1) is 12.2. The lowest BCUT2D eigenvalue weighted by atomic mass is 10.2. The maximum Gasteiger partial charge on any atom is 0.422 e. The number of halogens is 4. The average Bonchev–Trinajstić information content (AvgIpc) is 2.60. The zero-order chi connectivity index (χ0) is 19.2. The molecule has 0 unspecified atom stereocenters. The van der Waals surface area contributed by atoms with Crippen molar-refractivity contribution in [3.8, 4) is 5.88 Å². The van der Waals surface area contributed by atoms with E-state index in [0.717, 1.165) is 12.3 Å². The van der Waals surface area contributed by atoms with E-state index in [1.54, 1.807) is 24.3 Å². The smallest absolute Gasteiger partial charge is 0.422 e. The Balaban J connectivity index is 1.84. The summed E-state index contributed by atoms with van der Waals surface area (Å²) in [4.78, 5) is 27.4. The summed E-state index contributed by atoms with van der Waals surface area (Å²) in [5.74, 6) is -1.30. The Kier molecular flexibility index (Phi) is 6.56. The molecule has 2 rings (SSSR count). The predicted molar refractivity (Wildman–Crippen MR) is 90.9 cm³/mol. The number of carbonyl (C=O) groups excluding carboxylic acids is 2. The van der Waals surface area contributed by atoms with Gasteiger partial charge in [-0.25, -0.2) is 4.98 Å². The van der Waals surface area contributed by atoms with Crippen LogP contribution in [0.2, 0.25) is 0 Å². The normalized spacial score (nSPS) is 10.9. The summed E-state index contributed by atoms with van der Waals surface area (Å²) in [6, 6.07) is 9.36. The van der Waals surface area contributed by atoms with E-state index in [9.17, 15) is 22.8 Å². The fourth-order valence-electron chi connectivity index (χ4n) is 1.78. The molecule has 0 bridgehead atoms. The summed E-state index contributed by atoms with van der Waals surface area (Å²) in [5, 5.41) is 5.00. The van der Waals surface area contributed by atoms with Gasteiger partial charge in [-0.3, -0.25) is 9.59 Å². The van der Waals surface area contributed by atoms with Crippen LogP contribution >= 0.6 is 15.9 Å². The van der Waals surface area contributed by atoms with Gasteiger partial charge in [0, 0.05) is 16.7 Å². The molecule has 1 heterocycles. The molecule has 0 saturated heterocycles. The maximum atomic E-state index is 12.0. The van der Waals surface area contributed by atoms with Crippen LogP contribution in [0.25, 0.3) is 0 Å². The third-order valence-corrected chi connectivity index (χ3v) is 3.63. The Morgan fingerprint density at radius 2 is 1.88 bits per heavy atom. The summed E-state index contributed by atoms with van der Waals surface area (Å²) < 4.78 is 41.3. The summed E-state index contributed by atoms with van der Waals surface area (Å²) in [5.41, 5.74) is 0.637. The molecule has 0 aliphatic heterocycles. The number of nitrogens with one attached hydrogen (secondary N) is 2. The molecule has 10 heteroatoms. The van der Waals surface area contributed by atoms with Gasteiger partial charge in [0.1, 0.15) is 0 Å². The molecule has 1 aromatic heterocycles. The number of amides is 2. The molecular formula is C16H13BrF3N3O3. The first kappa shape index (κ1) is 19.7. The number of anilines is 1. The Morgan fingerprint density at radius 1 is 1.15 bits per heavy atom. The minimum atomic E-state index is -4.47. The van der Waals surface area contributed by atoms with Gasteiger partial charge in [-0.2, -0.15) is 13.2 Å². The highest BCUT2D eigenvalue weighted by Gasteiger charge is 2.28. The Hall–Kier alpha value is -2.62. The lowest BCUT2D eigenvalue weighted by molar-refractivity contribution is -0.154. The van der Waals surface area contributed by atoms with Crippen LogP contribution in [0.1, 0.15) is 10.4 Å². The highest BCUT2D eigenvalue weighted by Crippen LogP contribution is 2.21. The van der Waals surface area contributed by atoms with Gasteiger partial charge in [0.25, 0.3) is 5.91 Å². The van der Waals surface area contributed by atoms with Crippen molar-refractivity contribution in [2.75, 3.05) is 18.5 Å². The second-order valence-corrected chi connectivity index (χ2v) is 5.85. The molecule has 2 N–H and O–H groups in total. The number of benzene rings is 1. The van der Waals surface area contributed by atoms with Gasteiger partial charge in [-0.15, -0.1) is 0 Å². The van der Waals surface area contributed by atoms with Gasteiger partial charge in [0.05, 0.1) is 17.8 Å². The molecule has 0 saturated carbocycles. The number of alkyl halides is 3. The fourth-order valence-corrected chi connectivity index (χ4v) is 2.16. The van der Waals surface area contributed by atoms with Crippen molar-refractivity contribution in [2.45, 2.75) is 6.18 Å². The highest BCUT2D eigenvalue weighted by atomic mass is 79.9. The van der Waals surface area contributed by atoms with E-state index in [1.165, 1.54) is 6.07 Å². The second kappa shape index (κ2) is 8.65. The van der Waals surface area contributed by atoms with Crippen LogP contribution in [0.4, 0.5) is 18.9 Å². The Morgan fingerprint density at radius 3 is 2.50 bits per heavy atom. The van der Waals surface area contributed by atoms with E-state index in [0.29, 0.717) is 10.2 Å². The molecule has 0 aliphatic rings. The number of nitrogens with zero attached hydrogens (tertiary/aromatic N) is 1. The van der Waals surface area contributed by atoms with Crippen LogP contribution in [0.3, 0.4) is 0 Å². The van der Waals surface area contributed by atoms with Gasteiger partial charge in [-0.05, 0) is 34.1 Å². The highest BCUT2D eigenvalue weighted by molar-refractivity contribution is 9.10. The zero-order valence-electron chi connectivity index (χ0n) is 13.1. The third kappa shape index (κ3) is 6.36. The van der Waals surface area contributed by atoms with Crippen molar-refractivity contribution in [3.05, 3.63) is 52.6 Å². The fraction of sp³-hybridized carbons (Fsp3) is 0.188. The van der Waals surface area contributed by atoms with E-state index < -0.39 is 24.6 Å². The maximum absolute atomic E-state index is 12.0. The lowest BCUT2D eigenvalue weighted by Gasteiger charge is -2.09. The first-order valence-corrected chi connectivity index (χ1v) is 8.02. The number of hydrogen-bond acceptors (Lipinski definition) is 4. The minimum absolute atomic E-state index is 0.0815. The van der Waals surface area contributed by atoms with E-state index in [-0.39, 0.29) is 18.0 Å².